The first-order chi connectivity index (χ1) is 67.6. The molecule has 0 aliphatic carbocycles. The molecule has 0 aliphatic heterocycles. The molecule has 18 aromatic rings. The number of carbonyl (C=O) groups excluding carboxylic acids is 1. The standard InChI is InChI=1S/C21H23N7O.C21H21N7.C15H15BrN6.C15H16N6.C10H5N5O.C6H6N.C5H13N.3C4H9.Sn/c1-13-6-5-7-14(25-13)18-19(27(12-24-18)11-21(2,3)4)15-8-9-17-23-10-16(20(22)29)28(17)26-15;1-14-7-6-8-15(25-14)19-20(27(13-24-19)12-21(2,3)4)16-9-10-17-23-11-18(22-5)28(17)26-16;1-15(2,3)8-21-9-19-14(16)13(21)10-5-6-11-18-7-12(17-4)22(11)20-10;1-15(2,3)9-20-10-17-7-12(20)11-5-6-13-18-8-14(16-4)21(13)19-11;1-11-10-5-13-9-3-2-7(14-15(9)10)8-4-12-6-16-8;1-6-4-2-3-5-7-6;1-5(2,3)4-6;3*1-3-4-2;/h5-10,12H,11H2,1-4H3,(H2,22,29);6-11,13H,12H2,1-4H3;5-7,9H,8H2,1-3H3;5-8,10H,9H2,1-3H3;2-6H;2-4H,1H3;4,6H2,1-3H3;3*1,3-4H2,2H3;. The molecule has 0 saturated carbocycles. The fourth-order valence-electron chi connectivity index (χ4n) is 15.6. The van der Waals surface area contributed by atoms with Gasteiger partial charge < -0.3 is 53.5 Å². The van der Waals surface area contributed by atoms with Crippen molar-refractivity contribution in [2.45, 2.75) is 223 Å². The second kappa shape index (κ2) is 46.6. The van der Waals surface area contributed by atoms with Crippen LogP contribution in [0.25, 0.3) is 127 Å². The van der Waals surface area contributed by atoms with E-state index in [4.69, 9.17) is 52.3 Å². The number of imidazole rings is 9. The summed E-state index contributed by atoms with van der Waals surface area (Å²) >= 11 is 1.24. The largest absolute Gasteiger partial charge is 0.442 e. The van der Waals surface area contributed by atoms with Gasteiger partial charge in [-0.25, -0.2) is 54.4 Å². The average Bonchev–Trinajstić information content (AvgIpc) is 1.64. The van der Waals surface area contributed by atoms with Gasteiger partial charge in [-0.2, -0.15) is 5.10 Å². The first kappa shape index (κ1) is 106. The smallest absolute Gasteiger partial charge is 0.275 e. The molecule has 37 heteroatoms. The van der Waals surface area contributed by atoms with E-state index in [1.807, 2.05) is 118 Å². The third kappa shape index (κ3) is 27.5. The number of carbonyl (C=O) groups is 1. The fourth-order valence-corrected chi connectivity index (χ4v) is 31.8. The van der Waals surface area contributed by atoms with E-state index >= 15 is 0 Å². The van der Waals surface area contributed by atoms with Crippen LogP contribution in [0, 0.1) is 74.1 Å². The summed E-state index contributed by atoms with van der Waals surface area (Å²) in [5.41, 5.74) is 28.2. The van der Waals surface area contributed by atoms with Crippen LogP contribution in [-0.4, -0.2) is 162 Å². The number of nitrogens with two attached hydrogens (primary N) is 2. The molecule has 734 valence electrons. The van der Waals surface area contributed by atoms with E-state index < -0.39 is 24.3 Å². The number of hydrogen-bond acceptors (Lipinski definition) is 21. The van der Waals surface area contributed by atoms with Crippen molar-refractivity contribution in [1.29, 1.82) is 0 Å². The Labute approximate surface area is 841 Å². The van der Waals surface area contributed by atoms with Crippen molar-refractivity contribution in [1.82, 2.24) is 131 Å². The van der Waals surface area contributed by atoms with Gasteiger partial charge in [-0.1, -0.05) is 163 Å². The second-order valence-electron chi connectivity index (χ2n) is 40.9. The van der Waals surface area contributed by atoms with Gasteiger partial charge in [0, 0.05) is 61.8 Å². The quantitative estimate of drug-likeness (QED) is 0.0470. The van der Waals surface area contributed by atoms with Crippen molar-refractivity contribution in [2.24, 2.45) is 38.5 Å². The monoisotopic (exact) mass is 2080 g/mol. The minimum atomic E-state index is -2.25. The Bertz CT molecular complexity index is 7500. The molecule has 0 aromatic carbocycles. The summed E-state index contributed by atoms with van der Waals surface area (Å²) in [6.45, 7) is 78.2. The number of amides is 1. The Hall–Kier alpha value is -14.7. The van der Waals surface area contributed by atoms with Crippen LogP contribution in [0.2, 0.25) is 13.3 Å². The Balaban J connectivity index is 0.000000152. The minimum Gasteiger partial charge on any atom is -0.442 e. The normalized spacial score (nSPS) is 11.6. The van der Waals surface area contributed by atoms with E-state index in [1.54, 1.807) is 48.1 Å². The van der Waals surface area contributed by atoms with E-state index in [0.717, 1.165) is 111 Å². The molecule has 18 heterocycles. The Kier molecular flexibility index (Phi) is 34.8. The number of rotatable bonds is 22. The molecule has 0 saturated heterocycles. The predicted octanol–water partition coefficient (Wildman–Crippen LogP) is 23.2. The molecule has 0 unspecified atom stereocenters. The Morgan fingerprint density at radius 3 is 1.12 bits per heavy atom. The summed E-state index contributed by atoms with van der Waals surface area (Å²) in [5.74, 6) is 1.55. The van der Waals surface area contributed by atoms with Crippen molar-refractivity contribution in [2.75, 3.05) is 6.54 Å². The van der Waals surface area contributed by atoms with Crippen LogP contribution in [0.15, 0.2) is 199 Å². The van der Waals surface area contributed by atoms with Gasteiger partial charge in [-0.15, -0.1) is 18.1 Å². The maximum absolute atomic E-state index is 11.7. The van der Waals surface area contributed by atoms with Crippen LogP contribution in [0.4, 0.5) is 23.3 Å². The summed E-state index contributed by atoms with van der Waals surface area (Å²) < 4.78 is 28.0. The molecular weight excluding hydrogens is 1950 g/mol. The molecule has 18 aromatic heterocycles. The maximum Gasteiger partial charge on any atom is 0.275 e. The summed E-state index contributed by atoms with van der Waals surface area (Å²) in [6, 6.07) is 37.1. The third-order valence-electron chi connectivity index (χ3n) is 22.2. The van der Waals surface area contributed by atoms with Gasteiger partial charge in [0.15, 0.2) is 17.8 Å². The third-order valence-corrected chi connectivity index (χ3v) is 37.9. The number of primary amides is 1. The molecule has 1 amide bonds. The van der Waals surface area contributed by atoms with Gasteiger partial charge in [0.1, 0.15) is 61.5 Å². The van der Waals surface area contributed by atoms with Crippen molar-refractivity contribution >= 4 is 95.4 Å². The molecule has 142 heavy (non-hydrogen) atoms. The average molecular weight is 2080 g/mol. The van der Waals surface area contributed by atoms with Crippen LogP contribution in [-0.2, 0) is 26.2 Å². The molecule has 0 spiro atoms. The number of aromatic nitrogens is 27. The predicted molar refractivity (Wildman–Crippen MR) is 562 cm³/mol. The Morgan fingerprint density at radius 2 is 0.739 bits per heavy atom. The zero-order chi connectivity index (χ0) is 103. The first-order valence-corrected chi connectivity index (χ1v) is 55.6. The van der Waals surface area contributed by atoms with E-state index in [0.29, 0.717) is 74.1 Å². The van der Waals surface area contributed by atoms with Gasteiger partial charge in [-0.05, 0) is 124 Å². The van der Waals surface area contributed by atoms with Crippen molar-refractivity contribution in [3.63, 3.8) is 0 Å². The number of unbranched alkanes of at least 4 members (excludes halogenated alkanes) is 3. The number of halogens is 1. The number of nitrogens with zero attached hydrogens (tertiary/aromatic N) is 31. The number of aryl methyl sites for hydroxylation is 3. The van der Waals surface area contributed by atoms with Gasteiger partial charge >= 0.3 is 130 Å². The number of oxazole rings is 1. The zero-order valence-electron chi connectivity index (χ0n) is 85.0. The molecule has 18 rings (SSSR count). The fraction of sp³-hybridized carbons (Fsp3) is 0.381. The van der Waals surface area contributed by atoms with Crippen molar-refractivity contribution < 1.29 is 9.21 Å². The van der Waals surface area contributed by atoms with E-state index in [1.165, 1.54) is 104 Å². The van der Waals surface area contributed by atoms with Crippen LogP contribution in [0.3, 0.4) is 0 Å². The molecular formula is C105H126BrN33O2Sn. The summed E-state index contributed by atoms with van der Waals surface area (Å²) in [6.07, 6.45) is 27.8. The van der Waals surface area contributed by atoms with Crippen LogP contribution < -0.4 is 15.2 Å². The molecule has 0 aliphatic rings. The molecule has 35 nitrogen and oxygen atoms in total. The molecule has 0 bridgehead atoms. The van der Waals surface area contributed by atoms with Crippen LogP contribution >= 0.6 is 15.9 Å². The van der Waals surface area contributed by atoms with E-state index in [9.17, 15) is 4.79 Å². The van der Waals surface area contributed by atoms with Gasteiger partial charge in [0.2, 0.25) is 22.6 Å². The minimum absolute atomic E-state index is 0.0320. The summed E-state index contributed by atoms with van der Waals surface area (Å²) in [7, 11) is 0. The van der Waals surface area contributed by atoms with Crippen LogP contribution in [0.1, 0.15) is 191 Å². The maximum atomic E-state index is 11.7. The Morgan fingerprint density at radius 1 is 0.387 bits per heavy atom. The van der Waals surface area contributed by atoms with Gasteiger partial charge in [0.25, 0.3) is 29.2 Å². The van der Waals surface area contributed by atoms with E-state index in [-0.39, 0.29) is 27.4 Å². The molecule has 0 radical (unpaired) electrons. The van der Waals surface area contributed by atoms with Gasteiger partial charge in [0.05, 0.1) is 91.5 Å². The SMILES string of the molecule is CC(C)(C)CN.CCC[CH2][Sn]([CH2]CCC)([CH2]CCC)[c]1cccc(C)n1.Cc1cccc(-c2ncn(CC(C)(C)C)c2-c2ccc3ncc(C(N)=O)n3n2)n1.[C-]#[N+]c1cnc2ccc(-c3c(-c4cccc(C)n4)ncn3CC(C)(C)C)nn12.[C-]#[N+]c1cnc2ccc(-c3c(Br)ncn3CC(C)(C)C)nn12.[C-]#[N+]c1cnc2ccc(-c3cncn3CC(C)(C)C)nn12.[C-]#[N+]c1cnc2ccc(-c3cnco3)nn12. The number of hydrogen-bond donors (Lipinski definition) is 2. The molecule has 4 N–H and O–H groups in total. The van der Waals surface area contributed by atoms with Crippen molar-refractivity contribution in [3.8, 4) is 79.8 Å². The molecule has 0 fully saturated rings. The number of fused-ring (bicyclic) bond motifs is 5. The van der Waals surface area contributed by atoms with E-state index in [2.05, 4.69) is 284 Å². The number of pyridine rings is 3. The zero-order valence-corrected chi connectivity index (χ0v) is 89.5. The topological polar surface area (TPSA) is 373 Å². The van der Waals surface area contributed by atoms with Crippen molar-refractivity contribution in [3.05, 3.63) is 263 Å². The second-order valence-corrected chi connectivity index (χ2v) is 54.7. The molecule has 0 atom stereocenters. The summed E-state index contributed by atoms with van der Waals surface area (Å²) in [4.78, 5) is 82.3. The summed E-state index contributed by atoms with van der Waals surface area (Å²) in [5, 5.41) is 22.7. The van der Waals surface area contributed by atoms with Gasteiger partial charge in [-0.3, -0.25) is 14.8 Å². The van der Waals surface area contributed by atoms with Crippen LogP contribution in [0.5, 0.6) is 0 Å². The first-order valence-electron chi connectivity index (χ1n) is 47.3.